The van der Waals surface area contributed by atoms with Crippen molar-refractivity contribution < 1.29 is 33.2 Å². The third kappa shape index (κ3) is 8.22. The van der Waals surface area contributed by atoms with Crippen LogP contribution < -0.4 is 5.73 Å². The summed E-state index contributed by atoms with van der Waals surface area (Å²) in [6.07, 6.45) is -1.45. The quantitative estimate of drug-likeness (QED) is 0.456. The summed E-state index contributed by atoms with van der Waals surface area (Å²) in [5, 5.41) is 0. The molecular formula is C29H47NO7. The second-order valence-electron chi connectivity index (χ2n) is 12.1. The first-order chi connectivity index (χ1) is 17.3. The highest BCUT2D eigenvalue weighted by Gasteiger charge is 2.46. The van der Waals surface area contributed by atoms with Gasteiger partial charge in [-0.05, 0) is 52.0 Å². The average Bonchev–Trinajstić information content (AvgIpc) is 3.16. The monoisotopic (exact) mass is 521 g/mol. The lowest BCUT2D eigenvalue weighted by Crippen LogP contribution is -2.51. The first kappa shape index (κ1) is 30.0. The van der Waals surface area contributed by atoms with Crippen LogP contribution in [0, 0.1) is 23.2 Å². The zero-order chi connectivity index (χ0) is 27.4. The highest BCUT2D eigenvalue weighted by Crippen LogP contribution is 2.36. The van der Waals surface area contributed by atoms with Crippen LogP contribution >= 0.6 is 0 Å². The molecular weight excluding hydrogens is 474 g/mol. The normalized spacial score (nSPS) is 32.7. The van der Waals surface area contributed by atoms with E-state index in [0.717, 1.165) is 5.56 Å². The van der Waals surface area contributed by atoms with E-state index < -0.39 is 35.7 Å². The van der Waals surface area contributed by atoms with Crippen molar-refractivity contribution >= 4 is 5.97 Å². The van der Waals surface area contributed by atoms with Gasteiger partial charge in [-0.25, -0.2) is 0 Å². The lowest BCUT2D eigenvalue weighted by atomic mass is 9.79. The SMILES string of the molecule is CC1C(COCc2ccccc2)OC(OC[C@H](N)[C@@H]2OC(C)(C)O[C@@H]2COC(=O)C(C)(C)C)C(C)C1C. The number of hydrogen-bond donors (Lipinski definition) is 1. The number of esters is 1. The van der Waals surface area contributed by atoms with Gasteiger partial charge in [0.2, 0.25) is 0 Å². The third-order valence-corrected chi connectivity index (χ3v) is 7.46. The highest BCUT2D eigenvalue weighted by atomic mass is 16.8. The van der Waals surface area contributed by atoms with Gasteiger partial charge in [0.25, 0.3) is 0 Å². The summed E-state index contributed by atoms with van der Waals surface area (Å²) in [6.45, 7) is 17.0. The van der Waals surface area contributed by atoms with E-state index in [2.05, 4.69) is 32.9 Å². The van der Waals surface area contributed by atoms with Gasteiger partial charge in [0.15, 0.2) is 12.1 Å². The van der Waals surface area contributed by atoms with Gasteiger partial charge in [0, 0.05) is 5.92 Å². The van der Waals surface area contributed by atoms with Crippen molar-refractivity contribution in [2.24, 2.45) is 28.9 Å². The standard InChI is InChI=1S/C29H47NO7/c1-18-19(2)23(16-32-14-21-12-10-9-11-13-21)35-26(20(18)3)33-15-22(30)25-24(36-29(7,8)37-25)17-34-27(31)28(4,5)6/h9-13,18-20,22-26H,14-17,30H2,1-8H3/t18?,19?,20?,22-,23?,24+,25-,26?/m0/s1. The van der Waals surface area contributed by atoms with Crippen molar-refractivity contribution in [3.05, 3.63) is 35.9 Å². The van der Waals surface area contributed by atoms with Crippen LogP contribution in [0.2, 0.25) is 0 Å². The van der Waals surface area contributed by atoms with Crippen LogP contribution in [-0.4, -0.2) is 62.2 Å². The maximum atomic E-state index is 12.3. The number of carbonyl (C=O) groups excluding carboxylic acids is 1. The van der Waals surface area contributed by atoms with E-state index in [1.54, 1.807) is 0 Å². The predicted octanol–water partition coefficient (Wildman–Crippen LogP) is 4.29. The summed E-state index contributed by atoms with van der Waals surface area (Å²) in [5.74, 6) is -0.227. The molecule has 2 heterocycles. The van der Waals surface area contributed by atoms with Crippen molar-refractivity contribution in [1.82, 2.24) is 0 Å². The molecule has 0 bridgehead atoms. The summed E-state index contributed by atoms with van der Waals surface area (Å²) in [6, 6.07) is 9.63. The second-order valence-corrected chi connectivity index (χ2v) is 12.1. The van der Waals surface area contributed by atoms with Gasteiger partial charge < -0.3 is 34.2 Å². The Morgan fingerprint density at radius 3 is 2.32 bits per heavy atom. The Kier molecular flexibility index (Phi) is 10.2. The minimum atomic E-state index is -0.832. The Morgan fingerprint density at radius 2 is 1.68 bits per heavy atom. The lowest BCUT2D eigenvalue weighted by molar-refractivity contribution is -0.260. The Bertz CT molecular complexity index is 856. The lowest BCUT2D eigenvalue weighted by Gasteiger charge is -2.43. The molecule has 0 aromatic heterocycles. The molecule has 2 aliphatic rings. The van der Waals surface area contributed by atoms with Gasteiger partial charge >= 0.3 is 5.97 Å². The zero-order valence-electron chi connectivity index (χ0n) is 23.8. The van der Waals surface area contributed by atoms with Crippen LogP contribution in [-0.2, 0) is 39.8 Å². The van der Waals surface area contributed by atoms with Gasteiger partial charge in [-0.2, -0.15) is 0 Å². The molecule has 0 amide bonds. The number of rotatable bonds is 10. The molecule has 8 nitrogen and oxygen atoms in total. The minimum absolute atomic E-state index is 0.0730. The fourth-order valence-corrected chi connectivity index (χ4v) is 4.76. The number of nitrogens with two attached hydrogens (primary N) is 1. The fourth-order valence-electron chi connectivity index (χ4n) is 4.76. The predicted molar refractivity (Wildman–Crippen MR) is 140 cm³/mol. The fraction of sp³-hybridized carbons (Fsp3) is 0.759. The Hall–Kier alpha value is -1.55. The van der Waals surface area contributed by atoms with Crippen molar-refractivity contribution in [3.8, 4) is 0 Å². The number of ether oxygens (including phenoxy) is 6. The van der Waals surface area contributed by atoms with Crippen molar-refractivity contribution in [1.29, 1.82) is 0 Å². The van der Waals surface area contributed by atoms with E-state index in [0.29, 0.717) is 25.0 Å². The van der Waals surface area contributed by atoms with Crippen LogP contribution in [0.25, 0.3) is 0 Å². The molecule has 3 rings (SSSR count). The van der Waals surface area contributed by atoms with E-state index in [-0.39, 0.29) is 31.2 Å². The maximum Gasteiger partial charge on any atom is 0.311 e. The zero-order valence-corrected chi connectivity index (χ0v) is 23.8. The summed E-state index contributed by atoms with van der Waals surface area (Å²) >= 11 is 0. The number of benzene rings is 1. The minimum Gasteiger partial charge on any atom is -0.462 e. The highest BCUT2D eigenvalue weighted by molar-refractivity contribution is 5.75. The summed E-state index contributed by atoms with van der Waals surface area (Å²) < 4.78 is 36.2. The molecule has 210 valence electrons. The smallest absolute Gasteiger partial charge is 0.311 e. The summed E-state index contributed by atoms with van der Waals surface area (Å²) in [7, 11) is 0. The Balaban J connectivity index is 1.54. The van der Waals surface area contributed by atoms with Crippen molar-refractivity contribution in [2.75, 3.05) is 19.8 Å². The van der Waals surface area contributed by atoms with Gasteiger partial charge in [0.05, 0.1) is 37.4 Å². The first-order valence-corrected chi connectivity index (χ1v) is 13.5. The second kappa shape index (κ2) is 12.5. The molecule has 8 heteroatoms. The maximum absolute atomic E-state index is 12.3. The Labute approximate surface area is 222 Å². The number of carbonyl (C=O) groups is 1. The molecule has 2 N–H and O–H groups in total. The van der Waals surface area contributed by atoms with Crippen molar-refractivity contribution in [3.63, 3.8) is 0 Å². The molecule has 2 saturated heterocycles. The molecule has 1 aromatic rings. The van der Waals surface area contributed by atoms with E-state index in [1.807, 2.05) is 52.8 Å². The van der Waals surface area contributed by atoms with Gasteiger partial charge in [-0.15, -0.1) is 0 Å². The van der Waals surface area contributed by atoms with Crippen molar-refractivity contribution in [2.45, 2.75) is 98.4 Å². The Morgan fingerprint density at radius 1 is 1.00 bits per heavy atom. The molecule has 5 unspecified atom stereocenters. The summed E-state index contributed by atoms with van der Waals surface area (Å²) in [4.78, 5) is 12.3. The summed E-state index contributed by atoms with van der Waals surface area (Å²) in [5.41, 5.74) is 7.07. The average molecular weight is 522 g/mol. The molecule has 2 aliphatic heterocycles. The van der Waals surface area contributed by atoms with Crippen LogP contribution in [0.1, 0.15) is 61.0 Å². The van der Waals surface area contributed by atoms with Gasteiger partial charge in [-0.3, -0.25) is 4.79 Å². The van der Waals surface area contributed by atoms with E-state index in [4.69, 9.17) is 34.2 Å². The van der Waals surface area contributed by atoms with E-state index in [9.17, 15) is 4.79 Å². The molecule has 0 aliphatic carbocycles. The van der Waals surface area contributed by atoms with E-state index in [1.165, 1.54) is 0 Å². The topological polar surface area (TPSA) is 98.5 Å². The molecule has 37 heavy (non-hydrogen) atoms. The molecule has 0 radical (unpaired) electrons. The van der Waals surface area contributed by atoms with E-state index >= 15 is 0 Å². The van der Waals surface area contributed by atoms with Crippen LogP contribution in [0.5, 0.6) is 0 Å². The third-order valence-electron chi connectivity index (χ3n) is 7.46. The van der Waals surface area contributed by atoms with Crippen LogP contribution in [0.15, 0.2) is 30.3 Å². The molecule has 1 aromatic carbocycles. The molecule has 0 spiro atoms. The number of hydrogen-bond acceptors (Lipinski definition) is 8. The first-order valence-electron chi connectivity index (χ1n) is 13.5. The largest absolute Gasteiger partial charge is 0.462 e. The van der Waals surface area contributed by atoms with Gasteiger partial charge in [-0.1, -0.05) is 51.1 Å². The van der Waals surface area contributed by atoms with Crippen LogP contribution in [0.4, 0.5) is 0 Å². The van der Waals surface area contributed by atoms with Gasteiger partial charge in [0.1, 0.15) is 18.8 Å². The molecule has 0 saturated carbocycles. The van der Waals surface area contributed by atoms with Crippen LogP contribution in [0.3, 0.4) is 0 Å². The molecule has 2 fully saturated rings. The molecule has 8 atom stereocenters.